The molecule has 158 valence electrons. The number of aromatic nitrogens is 4. The molecule has 0 fully saturated rings. The Bertz CT molecular complexity index is 1200. The fourth-order valence-corrected chi connectivity index (χ4v) is 3.29. The molecule has 0 saturated heterocycles. The van der Waals surface area contributed by atoms with Gasteiger partial charge in [-0.1, -0.05) is 18.2 Å². The van der Waals surface area contributed by atoms with E-state index < -0.39 is 0 Å². The highest BCUT2D eigenvalue weighted by Crippen LogP contribution is 2.33. The number of hydrogen-bond acceptors (Lipinski definition) is 7. The Morgan fingerprint density at radius 3 is 3.00 bits per heavy atom. The Kier molecular flexibility index (Phi) is 6.18. The zero-order chi connectivity index (χ0) is 21.6. The van der Waals surface area contributed by atoms with Crippen LogP contribution in [0.15, 0.2) is 65.7 Å². The van der Waals surface area contributed by atoms with E-state index in [0.29, 0.717) is 30.8 Å². The number of imidazole rings is 1. The smallest absolute Gasteiger partial charge is 0.263 e. The molecule has 0 radical (unpaired) electrons. The maximum atomic E-state index is 11.9. The maximum Gasteiger partial charge on any atom is 0.263 e. The third kappa shape index (κ3) is 4.70. The van der Waals surface area contributed by atoms with Crippen LogP contribution in [0.5, 0.6) is 5.75 Å². The van der Waals surface area contributed by atoms with Gasteiger partial charge in [0.1, 0.15) is 17.8 Å². The summed E-state index contributed by atoms with van der Waals surface area (Å²) in [7, 11) is 1.63. The van der Waals surface area contributed by atoms with Crippen LogP contribution in [0.3, 0.4) is 0 Å². The van der Waals surface area contributed by atoms with Gasteiger partial charge in [-0.15, -0.1) is 0 Å². The number of nitrogens with two attached hydrogens (primary N) is 1. The lowest BCUT2D eigenvalue weighted by atomic mass is 10.1. The van der Waals surface area contributed by atoms with Gasteiger partial charge in [-0.3, -0.25) is 9.78 Å². The molecule has 4 rings (SSSR count). The predicted molar refractivity (Wildman–Crippen MR) is 117 cm³/mol. The molecule has 3 N–H and O–H groups in total. The molecule has 1 unspecified atom stereocenters. The van der Waals surface area contributed by atoms with Crippen LogP contribution in [0.2, 0.25) is 0 Å². The number of pyridine rings is 1. The molecule has 31 heavy (non-hydrogen) atoms. The molecule has 1 aromatic carbocycles. The van der Waals surface area contributed by atoms with Crippen molar-refractivity contribution in [2.75, 3.05) is 7.11 Å². The van der Waals surface area contributed by atoms with Gasteiger partial charge in [-0.05, 0) is 25.0 Å². The largest absolute Gasteiger partial charge is 0.496 e. The maximum absolute atomic E-state index is 11.9. The minimum atomic E-state index is -0.291. The number of carbonyl (C=O) groups excluding carboxylic acids is 1. The Morgan fingerprint density at radius 2 is 2.19 bits per heavy atom. The lowest BCUT2D eigenvalue weighted by molar-refractivity contribution is 0.0950. The van der Waals surface area contributed by atoms with Gasteiger partial charge in [-0.2, -0.15) is 0 Å². The van der Waals surface area contributed by atoms with Gasteiger partial charge < -0.3 is 19.9 Å². The first-order chi connectivity index (χ1) is 15.2. The van der Waals surface area contributed by atoms with E-state index in [4.69, 9.17) is 14.9 Å². The number of ether oxygens (including phenoxy) is 1. The number of Topliss-reactive ketones (excluding diaryl/α,β-unsaturated/α-hetero) is 1. The number of nitrogens with one attached hydrogen (secondary N) is 1. The third-order valence-electron chi connectivity index (χ3n) is 4.91. The van der Waals surface area contributed by atoms with Gasteiger partial charge in [-0.25, -0.2) is 9.97 Å². The van der Waals surface area contributed by atoms with Crippen molar-refractivity contribution in [2.24, 2.45) is 5.73 Å². The molecule has 8 heteroatoms. The molecular weight excluding hydrogens is 394 g/mol. The van der Waals surface area contributed by atoms with Gasteiger partial charge >= 0.3 is 0 Å². The van der Waals surface area contributed by atoms with Gasteiger partial charge in [0, 0.05) is 35.8 Å². The van der Waals surface area contributed by atoms with Crippen molar-refractivity contribution in [2.45, 2.75) is 25.3 Å². The summed E-state index contributed by atoms with van der Waals surface area (Å²) in [5.74, 6) is 1.42. The summed E-state index contributed by atoms with van der Waals surface area (Å²) in [4.78, 5) is 27.9. The predicted octanol–water partition coefficient (Wildman–Crippen LogP) is 4.23. The fraction of sp³-hybridized carbons (Fsp3) is 0.217. The molecule has 3 heterocycles. The normalized spacial score (nSPS) is 12.5. The van der Waals surface area contributed by atoms with Gasteiger partial charge in [0.05, 0.1) is 30.6 Å². The van der Waals surface area contributed by atoms with Crippen LogP contribution in [0.4, 0.5) is 0 Å². The van der Waals surface area contributed by atoms with E-state index in [1.807, 2.05) is 42.6 Å². The van der Waals surface area contributed by atoms with Crippen molar-refractivity contribution >= 4 is 16.7 Å². The fourth-order valence-electron chi connectivity index (χ4n) is 3.29. The highest BCUT2D eigenvalue weighted by Gasteiger charge is 2.15. The Morgan fingerprint density at radius 1 is 1.29 bits per heavy atom. The number of ketones is 1. The molecule has 0 saturated carbocycles. The molecule has 0 spiro atoms. The summed E-state index contributed by atoms with van der Waals surface area (Å²) in [6.07, 6.45) is 11.9. The Hall–Kier alpha value is -3.78. The molecule has 0 aliphatic heterocycles. The van der Waals surface area contributed by atoms with Crippen molar-refractivity contribution in [1.82, 2.24) is 19.9 Å². The number of rotatable bonds is 9. The number of aromatic amines is 1. The van der Waals surface area contributed by atoms with Crippen molar-refractivity contribution in [3.8, 4) is 17.0 Å². The average Bonchev–Trinajstić information content (AvgIpc) is 3.50. The van der Waals surface area contributed by atoms with Crippen molar-refractivity contribution in [3.05, 3.63) is 73.0 Å². The zero-order valence-electron chi connectivity index (χ0n) is 17.1. The number of hydrogen-bond donors (Lipinski definition) is 2. The number of carbonyl (C=O) groups is 1. The van der Waals surface area contributed by atoms with Crippen LogP contribution in [-0.4, -0.2) is 32.8 Å². The van der Waals surface area contributed by atoms with E-state index in [1.165, 1.54) is 12.5 Å². The topological polar surface area (TPSA) is 120 Å². The highest BCUT2D eigenvalue weighted by molar-refractivity contribution is 5.91. The molecule has 0 bridgehead atoms. The van der Waals surface area contributed by atoms with Crippen molar-refractivity contribution in [1.29, 1.82) is 0 Å². The first-order valence-corrected chi connectivity index (χ1v) is 9.97. The highest BCUT2D eigenvalue weighted by atomic mass is 16.5. The summed E-state index contributed by atoms with van der Waals surface area (Å²) >= 11 is 0. The number of allylic oxidation sites excluding steroid dienone is 1. The number of H-pyrrole nitrogens is 1. The molecule has 1 atom stereocenters. The van der Waals surface area contributed by atoms with E-state index in [0.717, 1.165) is 22.2 Å². The molecular formula is C23H23N5O3. The summed E-state index contributed by atoms with van der Waals surface area (Å²) in [6.45, 7) is 0. The number of oxazole rings is 1. The summed E-state index contributed by atoms with van der Waals surface area (Å²) in [5.41, 5.74) is 8.78. The monoisotopic (exact) mass is 417 g/mol. The third-order valence-corrected chi connectivity index (χ3v) is 4.91. The second kappa shape index (κ2) is 9.36. The Balaban J connectivity index is 1.39. The quantitative estimate of drug-likeness (QED) is 0.309. The molecule has 0 amide bonds. The standard InChI is InChI=1S/C23H23N5O3/c1-30-21-13-18-15(6-5-9-25-18)12-16(21)19-14-27-22(28-19)17(24)7-3-2-4-8-20(29)23-26-10-11-31-23/h2-3,5-6,9-14,17H,4,7-8,24H2,1H3,(H,27,28). The molecule has 3 aromatic heterocycles. The van der Waals surface area contributed by atoms with Crippen LogP contribution >= 0.6 is 0 Å². The van der Waals surface area contributed by atoms with Crippen LogP contribution in [0.25, 0.3) is 22.2 Å². The van der Waals surface area contributed by atoms with Gasteiger partial charge in [0.2, 0.25) is 5.78 Å². The minimum absolute atomic E-state index is 0.117. The van der Waals surface area contributed by atoms with Crippen molar-refractivity contribution < 1.29 is 13.9 Å². The Labute approximate surface area is 179 Å². The van der Waals surface area contributed by atoms with Crippen molar-refractivity contribution in [3.63, 3.8) is 0 Å². The second-order valence-electron chi connectivity index (χ2n) is 7.03. The number of benzene rings is 1. The SMILES string of the molecule is COc1cc2ncccc2cc1-c1c[nH]c(C(N)CC=CCCC(=O)c2ncco2)n1. The lowest BCUT2D eigenvalue weighted by Gasteiger charge is -2.08. The molecule has 4 aromatic rings. The molecule has 0 aliphatic carbocycles. The number of methoxy groups -OCH3 is 1. The second-order valence-corrected chi connectivity index (χ2v) is 7.03. The van der Waals surface area contributed by atoms with E-state index in [-0.39, 0.29) is 17.7 Å². The lowest BCUT2D eigenvalue weighted by Crippen LogP contribution is -2.10. The van der Waals surface area contributed by atoms with E-state index in [2.05, 4.69) is 19.9 Å². The van der Waals surface area contributed by atoms with Gasteiger partial charge in [0.25, 0.3) is 5.89 Å². The van der Waals surface area contributed by atoms with Crippen LogP contribution in [0.1, 0.15) is 41.8 Å². The van der Waals surface area contributed by atoms with E-state index in [9.17, 15) is 4.79 Å². The summed E-state index contributed by atoms with van der Waals surface area (Å²) in [5, 5.41) is 1.01. The number of fused-ring (bicyclic) bond motifs is 1. The first kappa shape index (κ1) is 20.5. The zero-order valence-corrected chi connectivity index (χ0v) is 17.1. The van der Waals surface area contributed by atoms with Crippen LogP contribution in [0, 0.1) is 0 Å². The van der Waals surface area contributed by atoms with Gasteiger partial charge in [0.15, 0.2) is 0 Å². The summed E-state index contributed by atoms with van der Waals surface area (Å²) in [6, 6.07) is 7.52. The minimum Gasteiger partial charge on any atom is -0.496 e. The van der Waals surface area contributed by atoms with Crippen LogP contribution in [-0.2, 0) is 0 Å². The average molecular weight is 417 g/mol. The number of nitrogens with zero attached hydrogens (tertiary/aromatic N) is 3. The van der Waals surface area contributed by atoms with E-state index in [1.54, 1.807) is 13.3 Å². The summed E-state index contributed by atoms with van der Waals surface area (Å²) < 4.78 is 10.5. The molecule has 8 nitrogen and oxygen atoms in total. The van der Waals surface area contributed by atoms with E-state index >= 15 is 0 Å². The first-order valence-electron chi connectivity index (χ1n) is 9.97. The van der Waals surface area contributed by atoms with Crippen LogP contribution < -0.4 is 10.5 Å². The molecule has 0 aliphatic rings.